The highest BCUT2D eigenvalue weighted by atomic mass is 16.5. The Balaban J connectivity index is 1.35. The summed E-state index contributed by atoms with van der Waals surface area (Å²) in [6.45, 7) is 5.05. The van der Waals surface area contributed by atoms with Crippen LogP contribution in [0.1, 0.15) is 44.3 Å². The quantitative estimate of drug-likeness (QED) is 0.453. The van der Waals surface area contributed by atoms with Crippen LogP contribution in [0.25, 0.3) is 11.0 Å². The number of hydrogen-bond donors (Lipinski definition) is 0. The third-order valence-corrected chi connectivity index (χ3v) is 5.90. The summed E-state index contributed by atoms with van der Waals surface area (Å²) in [4.78, 5) is 7.56. The zero-order valence-electron chi connectivity index (χ0n) is 18.1. The highest BCUT2D eigenvalue weighted by molar-refractivity contribution is 5.75. The topological polar surface area (TPSA) is 39.5 Å². The molecule has 0 atom stereocenters. The van der Waals surface area contributed by atoms with Gasteiger partial charge >= 0.3 is 0 Å². The summed E-state index contributed by atoms with van der Waals surface area (Å²) in [5.74, 6) is 2.95. The predicted molar refractivity (Wildman–Crippen MR) is 121 cm³/mol. The van der Waals surface area contributed by atoms with Crippen molar-refractivity contribution in [1.29, 1.82) is 0 Å². The lowest BCUT2D eigenvalue weighted by atomic mass is 10.2. The monoisotopic (exact) mass is 407 g/mol. The number of methoxy groups -OCH3 is 1. The van der Waals surface area contributed by atoms with E-state index in [1.807, 2.05) is 24.3 Å². The summed E-state index contributed by atoms with van der Waals surface area (Å²) in [5.41, 5.74) is 2.36. The summed E-state index contributed by atoms with van der Waals surface area (Å²) < 4.78 is 13.5. The van der Waals surface area contributed by atoms with E-state index in [-0.39, 0.29) is 0 Å². The Kier molecular flexibility index (Phi) is 7.25. The number of fused-ring (bicyclic) bond motifs is 1. The Morgan fingerprint density at radius 2 is 1.60 bits per heavy atom. The van der Waals surface area contributed by atoms with Gasteiger partial charge in [0.25, 0.3) is 0 Å². The lowest BCUT2D eigenvalue weighted by Gasteiger charge is -2.20. The molecule has 0 spiro atoms. The van der Waals surface area contributed by atoms with Crippen molar-refractivity contribution in [2.45, 2.75) is 51.6 Å². The first-order chi connectivity index (χ1) is 14.8. The van der Waals surface area contributed by atoms with Crippen LogP contribution >= 0.6 is 0 Å². The molecule has 0 amide bonds. The largest absolute Gasteiger partial charge is 0.497 e. The molecule has 160 valence electrons. The van der Waals surface area contributed by atoms with Crippen LogP contribution in [0.4, 0.5) is 0 Å². The van der Waals surface area contributed by atoms with Crippen LogP contribution in [0.2, 0.25) is 0 Å². The van der Waals surface area contributed by atoms with E-state index in [2.05, 4.69) is 33.7 Å². The number of likely N-dealkylation sites (tertiary alicyclic amines) is 1. The van der Waals surface area contributed by atoms with Gasteiger partial charge in [-0.15, -0.1) is 0 Å². The van der Waals surface area contributed by atoms with Crippen LogP contribution in [0.3, 0.4) is 0 Å². The van der Waals surface area contributed by atoms with E-state index in [0.29, 0.717) is 0 Å². The molecule has 0 N–H and O–H groups in total. The van der Waals surface area contributed by atoms with Gasteiger partial charge in [0.1, 0.15) is 17.3 Å². The summed E-state index contributed by atoms with van der Waals surface area (Å²) >= 11 is 0. The van der Waals surface area contributed by atoms with Crippen LogP contribution in [0, 0.1) is 0 Å². The van der Waals surface area contributed by atoms with Gasteiger partial charge in [-0.05, 0) is 75.2 Å². The van der Waals surface area contributed by atoms with Gasteiger partial charge in [-0.3, -0.25) is 4.90 Å². The van der Waals surface area contributed by atoms with Gasteiger partial charge in [0.2, 0.25) is 0 Å². The summed E-state index contributed by atoms with van der Waals surface area (Å²) in [6.07, 6.45) is 7.43. The summed E-state index contributed by atoms with van der Waals surface area (Å²) in [7, 11) is 1.68. The number of benzene rings is 2. The van der Waals surface area contributed by atoms with Crippen molar-refractivity contribution in [3.63, 3.8) is 0 Å². The maximum absolute atomic E-state index is 5.89. The molecule has 1 saturated heterocycles. The molecule has 0 aliphatic carbocycles. The molecular weight excluding hydrogens is 374 g/mol. The third-order valence-electron chi connectivity index (χ3n) is 5.90. The second-order valence-electron chi connectivity index (χ2n) is 8.09. The van der Waals surface area contributed by atoms with Crippen LogP contribution in [-0.2, 0) is 13.1 Å². The minimum atomic E-state index is 0.723. The fourth-order valence-corrected chi connectivity index (χ4v) is 4.22. The molecular formula is C25H33N3O2. The second-order valence-corrected chi connectivity index (χ2v) is 8.09. The first-order valence-electron chi connectivity index (χ1n) is 11.3. The fourth-order valence-electron chi connectivity index (χ4n) is 4.22. The number of hydrogen-bond acceptors (Lipinski definition) is 4. The Morgan fingerprint density at radius 1 is 0.867 bits per heavy atom. The molecule has 30 heavy (non-hydrogen) atoms. The fraction of sp³-hybridized carbons (Fsp3) is 0.480. The van der Waals surface area contributed by atoms with Crippen LogP contribution in [-0.4, -0.2) is 41.3 Å². The minimum Gasteiger partial charge on any atom is -0.497 e. The van der Waals surface area contributed by atoms with Gasteiger partial charge in [-0.2, -0.15) is 0 Å². The highest BCUT2D eigenvalue weighted by Crippen LogP contribution is 2.21. The number of nitrogens with zero attached hydrogens (tertiary/aromatic N) is 3. The van der Waals surface area contributed by atoms with Gasteiger partial charge in [0, 0.05) is 6.54 Å². The van der Waals surface area contributed by atoms with Crippen molar-refractivity contribution >= 4 is 11.0 Å². The van der Waals surface area contributed by atoms with Crippen molar-refractivity contribution in [1.82, 2.24) is 14.5 Å². The number of para-hydroxylation sites is 2. The molecule has 4 rings (SSSR count). The van der Waals surface area contributed by atoms with E-state index in [1.165, 1.54) is 50.1 Å². The number of imidazole rings is 1. The molecule has 0 bridgehead atoms. The van der Waals surface area contributed by atoms with Crippen LogP contribution < -0.4 is 9.47 Å². The minimum absolute atomic E-state index is 0.723. The van der Waals surface area contributed by atoms with Gasteiger partial charge in [-0.25, -0.2) is 4.98 Å². The molecule has 0 saturated carbocycles. The van der Waals surface area contributed by atoms with Gasteiger partial charge in [0.15, 0.2) is 0 Å². The van der Waals surface area contributed by atoms with E-state index >= 15 is 0 Å². The number of rotatable bonds is 9. The first-order valence-corrected chi connectivity index (χ1v) is 11.3. The van der Waals surface area contributed by atoms with Crippen LogP contribution in [0.5, 0.6) is 11.5 Å². The summed E-state index contributed by atoms with van der Waals surface area (Å²) in [5, 5.41) is 0. The van der Waals surface area contributed by atoms with E-state index in [1.54, 1.807) is 7.11 Å². The van der Waals surface area contributed by atoms with Crippen molar-refractivity contribution in [2.75, 3.05) is 26.8 Å². The second kappa shape index (κ2) is 10.5. The molecule has 1 aliphatic rings. The SMILES string of the molecule is COc1ccc(OCCCCn2c(CN3CCCCCC3)nc3ccccc32)cc1. The lowest BCUT2D eigenvalue weighted by molar-refractivity contribution is 0.265. The van der Waals surface area contributed by atoms with Crippen LogP contribution in [0.15, 0.2) is 48.5 Å². The number of unbranched alkanes of at least 4 members (excludes halogenated alkanes) is 1. The maximum Gasteiger partial charge on any atom is 0.124 e. The molecule has 2 aromatic carbocycles. The molecule has 0 radical (unpaired) electrons. The third kappa shape index (κ3) is 5.33. The Labute approximate surface area is 179 Å². The normalized spacial score (nSPS) is 15.2. The van der Waals surface area contributed by atoms with Gasteiger partial charge in [-0.1, -0.05) is 25.0 Å². The van der Waals surface area contributed by atoms with Gasteiger partial charge < -0.3 is 14.0 Å². The Morgan fingerprint density at radius 3 is 2.37 bits per heavy atom. The molecule has 1 aliphatic heterocycles. The van der Waals surface area contributed by atoms with Crippen molar-refractivity contribution in [3.8, 4) is 11.5 Å². The Hall–Kier alpha value is -2.53. The number of ether oxygens (including phenoxy) is 2. The standard InChI is InChI=1S/C25H33N3O2/c1-29-21-12-14-22(15-13-21)30-19-9-8-18-28-24-11-5-4-10-23(24)26-25(28)20-27-16-6-2-3-7-17-27/h4-5,10-15H,2-3,6-9,16-20H2,1H3. The smallest absolute Gasteiger partial charge is 0.124 e. The average Bonchev–Trinajstić information content (AvgIpc) is 2.93. The van der Waals surface area contributed by atoms with Gasteiger partial charge in [0.05, 0.1) is 31.3 Å². The zero-order valence-corrected chi connectivity index (χ0v) is 18.1. The summed E-state index contributed by atoms with van der Waals surface area (Å²) in [6, 6.07) is 16.3. The van der Waals surface area contributed by atoms with Crippen molar-refractivity contribution in [2.24, 2.45) is 0 Å². The number of aromatic nitrogens is 2. The Bertz CT molecular complexity index is 912. The van der Waals surface area contributed by atoms with E-state index in [0.717, 1.165) is 49.6 Å². The first kappa shape index (κ1) is 20.7. The highest BCUT2D eigenvalue weighted by Gasteiger charge is 2.15. The zero-order chi connectivity index (χ0) is 20.6. The molecule has 5 nitrogen and oxygen atoms in total. The van der Waals surface area contributed by atoms with Crippen molar-refractivity contribution in [3.05, 3.63) is 54.4 Å². The molecule has 3 aromatic rings. The lowest BCUT2D eigenvalue weighted by Crippen LogP contribution is -2.26. The van der Waals surface area contributed by atoms with E-state index in [9.17, 15) is 0 Å². The predicted octanol–water partition coefficient (Wildman–Crippen LogP) is 5.28. The molecule has 0 unspecified atom stereocenters. The molecule has 5 heteroatoms. The number of aryl methyl sites for hydroxylation is 1. The average molecular weight is 408 g/mol. The maximum atomic E-state index is 5.89. The van der Waals surface area contributed by atoms with Crippen molar-refractivity contribution < 1.29 is 9.47 Å². The van der Waals surface area contributed by atoms with E-state index in [4.69, 9.17) is 14.5 Å². The molecule has 1 aromatic heterocycles. The molecule has 2 heterocycles. The molecule has 1 fully saturated rings. The van der Waals surface area contributed by atoms with E-state index < -0.39 is 0 Å².